The molecule has 20 heavy (non-hydrogen) atoms. The van der Waals surface area contributed by atoms with Crippen molar-refractivity contribution in [3.63, 3.8) is 0 Å². The lowest BCUT2D eigenvalue weighted by Crippen LogP contribution is -2.30. The van der Waals surface area contributed by atoms with E-state index in [-0.39, 0.29) is 6.04 Å². The fraction of sp³-hybridized carbons (Fsp3) is 0.0667. The second-order valence-electron chi connectivity index (χ2n) is 4.41. The molecule has 2 aromatic heterocycles. The van der Waals surface area contributed by atoms with Crippen LogP contribution in [0.2, 0.25) is 0 Å². The van der Waals surface area contributed by atoms with Crippen LogP contribution in [0.5, 0.6) is 0 Å². The second kappa shape index (κ2) is 5.66. The van der Waals surface area contributed by atoms with E-state index < -0.39 is 0 Å². The quantitative estimate of drug-likeness (QED) is 0.573. The standard InChI is InChI=1S/C15H13BrN4/c16-13-5-2-7-19-15(13)14(20-17)12-4-1-3-10-9-18-8-6-11(10)12/h1-9,14,20H,17H2. The molecule has 0 saturated carbocycles. The molecule has 0 spiro atoms. The molecule has 3 rings (SSSR count). The zero-order valence-corrected chi connectivity index (χ0v) is 12.2. The molecule has 0 bridgehead atoms. The van der Waals surface area contributed by atoms with Crippen LogP contribution < -0.4 is 11.3 Å². The summed E-state index contributed by atoms with van der Waals surface area (Å²) in [7, 11) is 0. The van der Waals surface area contributed by atoms with E-state index in [0.717, 1.165) is 26.5 Å². The average molecular weight is 329 g/mol. The van der Waals surface area contributed by atoms with Crippen LogP contribution >= 0.6 is 15.9 Å². The molecule has 1 atom stereocenters. The van der Waals surface area contributed by atoms with Crippen molar-refractivity contribution in [3.8, 4) is 0 Å². The number of halogens is 1. The zero-order valence-electron chi connectivity index (χ0n) is 10.6. The third-order valence-corrected chi connectivity index (χ3v) is 3.92. The van der Waals surface area contributed by atoms with E-state index in [9.17, 15) is 0 Å². The third kappa shape index (κ3) is 2.31. The smallest absolute Gasteiger partial charge is 0.0898 e. The summed E-state index contributed by atoms with van der Waals surface area (Å²) in [6.45, 7) is 0. The number of nitrogens with zero attached hydrogens (tertiary/aromatic N) is 2. The Hall–Kier alpha value is -1.82. The molecule has 0 saturated heterocycles. The third-order valence-electron chi connectivity index (χ3n) is 3.25. The number of nitrogens with one attached hydrogen (secondary N) is 1. The Morgan fingerprint density at radius 1 is 1.10 bits per heavy atom. The van der Waals surface area contributed by atoms with Gasteiger partial charge < -0.3 is 0 Å². The lowest BCUT2D eigenvalue weighted by Gasteiger charge is -2.19. The zero-order chi connectivity index (χ0) is 13.9. The maximum absolute atomic E-state index is 5.77. The summed E-state index contributed by atoms with van der Waals surface area (Å²) in [5.74, 6) is 5.77. The number of hydrogen-bond acceptors (Lipinski definition) is 4. The van der Waals surface area contributed by atoms with Gasteiger partial charge in [-0.2, -0.15) is 0 Å². The first-order chi connectivity index (χ1) is 9.81. The molecule has 5 heteroatoms. The van der Waals surface area contributed by atoms with Gasteiger partial charge in [0.2, 0.25) is 0 Å². The van der Waals surface area contributed by atoms with Gasteiger partial charge in [-0.25, -0.2) is 5.43 Å². The Balaban J connectivity index is 2.20. The van der Waals surface area contributed by atoms with Gasteiger partial charge in [0.15, 0.2) is 0 Å². The van der Waals surface area contributed by atoms with Gasteiger partial charge in [-0.1, -0.05) is 18.2 Å². The average Bonchev–Trinajstić information content (AvgIpc) is 2.50. The molecule has 2 heterocycles. The van der Waals surface area contributed by atoms with Crippen LogP contribution in [-0.2, 0) is 0 Å². The largest absolute Gasteiger partial charge is 0.271 e. The molecular formula is C15H13BrN4. The van der Waals surface area contributed by atoms with Crippen molar-refractivity contribution in [1.82, 2.24) is 15.4 Å². The van der Waals surface area contributed by atoms with Gasteiger partial charge in [0.25, 0.3) is 0 Å². The second-order valence-corrected chi connectivity index (χ2v) is 5.27. The van der Waals surface area contributed by atoms with Gasteiger partial charge in [-0.05, 0) is 45.1 Å². The summed E-state index contributed by atoms with van der Waals surface area (Å²) in [6.07, 6.45) is 5.39. The van der Waals surface area contributed by atoms with Crippen molar-refractivity contribution in [2.24, 2.45) is 5.84 Å². The van der Waals surface area contributed by atoms with Gasteiger partial charge >= 0.3 is 0 Å². The Labute approximate surface area is 125 Å². The maximum atomic E-state index is 5.77. The van der Waals surface area contributed by atoms with Crippen LogP contribution in [0, 0.1) is 0 Å². The van der Waals surface area contributed by atoms with Crippen molar-refractivity contribution in [2.45, 2.75) is 6.04 Å². The van der Waals surface area contributed by atoms with Crippen molar-refractivity contribution in [1.29, 1.82) is 0 Å². The Morgan fingerprint density at radius 2 is 2.00 bits per heavy atom. The molecule has 0 fully saturated rings. The van der Waals surface area contributed by atoms with Gasteiger partial charge in [-0.3, -0.25) is 15.8 Å². The van der Waals surface area contributed by atoms with E-state index in [2.05, 4.69) is 31.3 Å². The number of rotatable bonds is 3. The monoisotopic (exact) mass is 328 g/mol. The predicted octanol–water partition coefficient (Wildman–Crippen LogP) is 2.95. The van der Waals surface area contributed by atoms with Crippen LogP contribution in [0.1, 0.15) is 17.3 Å². The Morgan fingerprint density at radius 3 is 2.80 bits per heavy atom. The van der Waals surface area contributed by atoms with E-state index in [4.69, 9.17) is 5.84 Å². The number of benzene rings is 1. The van der Waals surface area contributed by atoms with Crippen molar-refractivity contribution < 1.29 is 0 Å². The number of aromatic nitrogens is 2. The van der Waals surface area contributed by atoms with Gasteiger partial charge in [-0.15, -0.1) is 0 Å². The first-order valence-corrected chi connectivity index (χ1v) is 6.99. The van der Waals surface area contributed by atoms with Crippen LogP contribution in [0.3, 0.4) is 0 Å². The van der Waals surface area contributed by atoms with Gasteiger partial charge in [0.05, 0.1) is 11.7 Å². The first kappa shape index (κ1) is 13.2. The molecule has 0 amide bonds. The molecule has 0 aliphatic heterocycles. The van der Waals surface area contributed by atoms with E-state index in [1.54, 1.807) is 12.4 Å². The Kier molecular flexibility index (Phi) is 3.73. The molecule has 0 aliphatic carbocycles. The highest BCUT2D eigenvalue weighted by molar-refractivity contribution is 9.10. The molecule has 0 radical (unpaired) electrons. The maximum Gasteiger partial charge on any atom is 0.0898 e. The number of fused-ring (bicyclic) bond motifs is 1. The van der Waals surface area contributed by atoms with E-state index >= 15 is 0 Å². The minimum absolute atomic E-state index is 0.184. The van der Waals surface area contributed by atoms with Crippen molar-refractivity contribution in [2.75, 3.05) is 0 Å². The summed E-state index contributed by atoms with van der Waals surface area (Å²) in [6, 6.07) is 11.7. The highest BCUT2D eigenvalue weighted by atomic mass is 79.9. The molecule has 4 nitrogen and oxygen atoms in total. The highest BCUT2D eigenvalue weighted by Gasteiger charge is 2.18. The summed E-state index contributed by atoms with van der Waals surface area (Å²) in [5.41, 5.74) is 4.79. The minimum Gasteiger partial charge on any atom is -0.271 e. The van der Waals surface area contributed by atoms with Crippen LogP contribution in [0.25, 0.3) is 10.8 Å². The fourth-order valence-corrected chi connectivity index (χ4v) is 2.81. The lowest BCUT2D eigenvalue weighted by molar-refractivity contribution is 0.622. The number of pyridine rings is 2. The topological polar surface area (TPSA) is 63.8 Å². The van der Waals surface area contributed by atoms with E-state index in [1.165, 1.54) is 0 Å². The number of hydrogen-bond donors (Lipinski definition) is 2. The summed E-state index contributed by atoms with van der Waals surface area (Å²) in [4.78, 5) is 8.58. The van der Waals surface area contributed by atoms with Crippen LogP contribution in [-0.4, -0.2) is 9.97 Å². The molecule has 3 aromatic rings. The molecular weight excluding hydrogens is 316 g/mol. The molecule has 1 unspecified atom stereocenters. The molecule has 100 valence electrons. The summed E-state index contributed by atoms with van der Waals surface area (Å²) >= 11 is 3.53. The van der Waals surface area contributed by atoms with E-state index in [0.29, 0.717) is 0 Å². The fourth-order valence-electron chi connectivity index (χ4n) is 2.33. The van der Waals surface area contributed by atoms with Crippen LogP contribution in [0.4, 0.5) is 0 Å². The van der Waals surface area contributed by atoms with Crippen LogP contribution in [0.15, 0.2) is 59.5 Å². The highest BCUT2D eigenvalue weighted by Crippen LogP contribution is 2.30. The Bertz CT molecular complexity index is 739. The summed E-state index contributed by atoms with van der Waals surface area (Å²) < 4.78 is 0.925. The normalized spacial score (nSPS) is 12.5. The minimum atomic E-state index is -0.184. The van der Waals surface area contributed by atoms with Crippen molar-refractivity contribution >= 4 is 26.7 Å². The summed E-state index contributed by atoms with van der Waals surface area (Å²) in [5, 5.41) is 2.19. The molecule has 3 N–H and O–H groups in total. The van der Waals surface area contributed by atoms with Gasteiger partial charge in [0, 0.05) is 28.4 Å². The molecule has 0 aliphatic rings. The molecule has 1 aromatic carbocycles. The first-order valence-electron chi connectivity index (χ1n) is 6.20. The predicted molar refractivity (Wildman–Crippen MR) is 82.8 cm³/mol. The lowest BCUT2D eigenvalue weighted by atomic mass is 9.98. The van der Waals surface area contributed by atoms with E-state index in [1.807, 2.05) is 42.6 Å². The number of nitrogens with two attached hydrogens (primary N) is 1. The SMILES string of the molecule is NNC(c1ncccc1Br)c1cccc2cnccc12. The van der Waals surface area contributed by atoms with Gasteiger partial charge in [0.1, 0.15) is 0 Å². The number of hydrazine groups is 1. The van der Waals surface area contributed by atoms with Crippen molar-refractivity contribution in [3.05, 3.63) is 70.7 Å².